The van der Waals surface area contributed by atoms with Crippen LogP contribution in [0, 0.1) is 0 Å². The van der Waals surface area contributed by atoms with Crippen LogP contribution in [0.5, 0.6) is 5.75 Å². The fraction of sp³-hybridized carbons (Fsp3) is 0.235. The number of ether oxygens (including phenoxy) is 2. The van der Waals surface area contributed by atoms with Crippen molar-refractivity contribution < 1.29 is 23.6 Å². The van der Waals surface area contributed by atoms with E-state index in [2.05, 4.69) is 0 Å². The monoisotopic (exact) mass is 300 g/mol. The summed E-state index contributed by atoms with van der Waals surface area (Å²) in [5, 5.41) is 0. The summed E-state index contributed by atoms with van der Waals surface area (Å²) in [5.74, 6) is 0.245. The smallest absolute Gasteiger partial charge is 0.338 e. The van der Waals surface area contributed by atoms with Crippen LogP contribution < -0.4 is 9.30 Å². The number of nitrogens with zero attached hydrogens (tertiary/aromatic N) is 1. The number of carbonyl (C=O) groups is 2. The van der Waals surface area contributed by atoms with Crippen molar-refractivity contribution in [1.82, 2.24) is 0 Å². The summed E-state index contributed by atoms with van der Waals surface area (Å²) in [4.78, 5) is 23.8. The molecule has 5 heteroatoms. The first-order valence-corrected chi connectivity index (χ1v) is 6.97. The third-order valence-corrected chi connectivity index (χ3v) is 3.12. The van der Waals surface area contributed by atoms with E-state index in [1.54, 1.807) is 67.4 Å². The van der Waals surface area contributed by atoms with Crippen molar-refractivity contribution in [3.63, 3.8) is 0 Å². The molecule has 1 aromatic carbocycles. The van der Waals surface area contributed by atoms with Crippen LogP contribution >= 0.6 is 0 Å². The van der Waals surface area contributed by atoms with Crippen LogP contribution in [0.25, 0.3) is 0 Å². The molecule has 2 rings (SSSR count). The van der Waals surface area contributed by atoms with Gasteiger partial charge in [-0.3, -0.25) is 4.79 Å². The lowest BCUT2D eigenvalue weighted by molar-refractivity contribution is -0.683. The van der Waals surface area contributed by atoms with Gasteiger partial charge in [0.15, 0.2) is 12.4 Å². The van der Waals surface area contributed by atoms with Crippen molar-refractivity contribution in [3.05, 3.63) is 59.9 Å². The lowest BCUT2D eigenvalue weighted by Crippen LogP contribution is -2.37. The van der Waals surface area contributed by atoms with E-state index in [0.29, 0.717) is 23.5 Å². The van der Waals surface area contributed by atoms with Crippen LogP contribution in [-0.4, -0.2) is 25.5 Å². The SMILES string of the molecule is CCOC(=O)c1cc[n+](CC(=O)c2cccc(OC)c2)cc1. The summed E-state index contributed by atoms with van der Waals surface area (Å²) in [7, 11) is 1.56. The Hall–Kier alpha value is -2.69. The molecule has 0 saturated carbocycles. The molecule has 0 radical (unpaired) electrons. The summed E-state index contributed by atoms with van der Waals surface area (Å²) in [6, 6.07) is 10.3. The zero-order valence-electron chi connectivity index (χ0n) is 12.6. The van der Waals surface area contributed by atoms with Crippen molar-refractivity contribution in [3.8, 4) is 5.75 Å². The fourth-order valence-corrected chi connectivity index (χ4v) is 1.97. The van der Waals surface area contributed by atoms with Crippen molar-refractivity contribution in [2.75, 3.05) is 13.7 Å². The van der Waals surface area contributed by atoms with Gasteiger partial charge in [-0.05, 0) is 19.1 Å². The predicted molar refractivity (Wildman–Crippen MR) is 79.9 cm³/mol. The summed E-state index contributed by atoms with van der Waals surface area (Å²) < 4.78 is 11.7. The number of carbonyl (C=O) groups excluding carboxylic acids is 2. The second-order valence-corrected chi connectivity index (χ2v) is 4.63. The highest BCUT2D eigenvalue weighted by atomic mass is 16.5. The molecule has 0 aliphatic heterocycles. The third kappa shape index (κ3) is 3.91. The number of hydrogen-bond acceptors (Lipinski definition) is 4. The van der Waals surface area contributed by atoms with Crippen molar-refractivity contribution in [2.45, 2.75) is 13.5 Å². The molecule has 0 bridgehead atoms. The van der Waals surface area contributed by atoms with Gasteiger partial charge in [0.05, 0.1) is 19.3 Å². The van der Waals surface area contributed by atoms with Crippen LogP contribution in [0.3, 0.4) is 0 Å². The molecule has 22 heavy (non-hydrogen) atoms. The van der Waals surface area contributed by atoms with E-state index in [9.17, 15) is 9.59 Å². The Labute approximate surface area is 129 Å². The zero-order chi connectivity index (χ0) is 15.9. The fourth-order valence-electron chi connectivity index (χ4n) is 1.97. The Morgan fingerprint density at radius 2 is 1.82 bits per heavy atom. The van der Waals surface area contributed by atoms with Crippen LogP contribution in [0.1, 0.15) is 27.6 Å². The Bertz CT molecular complexity index is 665. The Balaban J connectivity index is 2.06. The number of Topliss-reactive ketones (excluding diaryl/α,β-unsaturated/α-hetero) is 1. The largest absolute Gasteiger partial charge is 0.497 e. The molecular weight excluding hydrogens is 282 g/mol. The van der Waals surface area contributed by atoms with Crippen LogP contribution in [0.15, 0.2) is 48.8 Å². The van der Waals surface area contributed by atoms with Gasteiger partial charge in [-0.1, -0.05) is 12.1 Å². The Kier molecular flexibility index (Phi) is 5.25. The van der Waals surface area contributed by atoms with Gasteiger partial charge >= 0.3 is 5.97 Å². The number of benzene rings is 1. The second-order valence-electron chi connectivity index (χ2n) is 4.63. The van der Waals surface area contributed by atoms with Crippen LogP contribution in [0.4, 0.5) is 0 Å². The maximum Gasteiger partial charge on any atom is 0.338 e. The number of ketones is 1. The first kappa shape index (κ1) is 15.7. The molecule has 0 atom stereocenters. The molecule has 0 saturated heterocycles. The highest BCUT2D eigenvalue weighted by Crippen LogP contribution is 2.13. The van der Waals surface area contributed by atoms with E-state index in [1.165, 1.54) is 0 Å². The molecule has 0 aliphatic carbocycles. The molecule has 114 valence electrons. The molecule has 1 heterocycles. The molecule has 0 amide bonds. The number of rotatable bonds is 6. The normalized spacial score (nSPS) is 10.1. The molecule has 0 spiro atoms. The highest BCUT2D eigenvalue weighted by molar-refractivity contribution is 5.95. The first-order valence-electron chi connectivity index (χ1n) is 6.97. The van der Waals surface area contributed by atoms with Gasteiger partial charge in [-0.25, -0.2) is 4.79 Å². The van der Waals surface area contributed by atoms with Crippen molar-refractivity contribution in [1.29, 1.82) is 0 Å². The van der Waals surface area contributed by atoms with E-state index in [-0.39, 0.29) is 18.3 Å². The maximum atomic E-state index is 12.2. The lowest BCUT2D eigenvalue weighted by Gasteiger charge is -2.03. The minimum Gasteiger partial charge on any atom is -0.497 e. The average Bonchev–Trinajstić information content (AvgIpc) is 2.55. The second kappa shape index (κ2) is 7.36. The zero-order valence-corrected chi connectivity index (χ0v) is 12.6. The van der Waals surface area contributed by atoms with E-state index < -0.39 is 0 Å². The van der Waals surface area contributed by atoms with Gasteiger partial charge in [0.25, 0.3) is 0 Å². The number of methoxy groups -OCH3 is 1. The summed E-state index contributed by atoms with van der Waals surface area (Å²) in [5.41, 5.74) is 1.05. The molecule has 0 N–H and O–H groups in total. The summed E-state index contributed by atoms with van der Waals surface area (Å²) in [6.07, 6.45) is 3.37. The van der Waals surface area contributed by atoms with Gasteiger partial charge < -0.3 is 9.47 Å². The van der Waals surface area contributed by atoms with Crippen LogP contribution in [-0.2, 0) is 11.3 Å². The average molecular weight is 300 g/mol. The molecule has 5 nitrogen and oxygen atoms in total. The van der Waals surface area contributed by atoms with Gasteiger partial charge in [0.1, 0.15) is 5.75 Å². The molecular formula is C17H18NO4+. The quantitative estimate of drug-likeness (QED) is 0.465. The molecule has 2 aromatic rings. The maximum absolute atomic E-state index is 12.2. The van der Waals surface area contributed by atoms with E-state index in [0.717, 1.165) is 0 Å². The van der Waals surface area contributed by atoms with Gasteiger partial charge in [-0.15, -0.1) is 0 Å². The Morgan fingerprint density at radius 3 is 2.45 bits per heavy atom. The van der Waals surface area contributed by atoms with Crippen LogP contribution in [0.2, 0.25) is 0 Å². The molecule has 1 aromatic heterocycles. The minimum absolute atomic E-state index is 0.0345. The first-order chi connectivity index (χ1) is 10.6. The minimum atomic E-state index is -0.367. The third-order valence-electron chi connectivity index (χ3n) is 3.12. The molecule has 0 aliphatic rings. The van der Waals surface area contributed by atoms with E-state index in [4.69, 9.17) is 9.47 Å². The summed E-state index contributed by atoms with van der Waals surface area (Å²) in [6.45, 7) is 2.28. The van der Waals surface area contributed by atoms with E-state index in [1.807, 2.05) is 0 Å². The van der Waals surface area contributed by atoms with Crippen molar-refractivity contribution >= 4 is 11.8 Å². The van der Waals surface area contributed by atoms with Gasteiger partial charge in [0.2, 0.25) is 12.3 Å². The number of aromatic nitrogens is 1. The number of pyridine rings is 1. The molecule has 0 unspecified atom stereocenters. The highest BCUT2D eigenvalue weighted by Gasteiger charge is 2.14. The van der Waals surface area contributed by atoms with E-state index >= 15 is 0 Å². The number of esters is 1. The molecule has 0 fully saturated rings. The topological polar surface area (TPSA) is 56.5 Å². The van der Waals surface area contributed by atoms with Crippen molar-refractivity contribution in [2.24, 2.45) is 0 Å². The summed E-state index contributed by atoms with van der Waals surface area (Å²) >= 11 is 0. The standard InChI is InChI=1S/C17H18NO4/c1-3-22-17(20)13-7-9-18(10-8-13)12-16(19)14-5-4-6-15(11-14)21-2/h4-11H,3,12H2,1-2H3/q+1. The lowest BCUT2D eigenvalue weighted by atomic mass is 10.1. The Morgan fingerprint density at radius 1 is 1.09 bits per heavy atom. The number of hydrogen-bond donors (Lipinski definition) is 0. The van der Waals surface area contributed by atoms with Gasteiger partial charge in [0, 0.05) is 17.7 Å². The predicted octanol–water partition coefficient (Wildman–Crippen LogP) is 2.04. The van der Waals surface area contributed by atoms with Gasteiger partial charge in [-0.2, -0.15) is 4.57 Å².